The second-order valence-electron chi connectivity index (χ2n) is 4.17. The van der Waals surface area contributed by atoms with Gasteiger partial charge in [0.25, 0.3) is 0 Å². The number of rotatable bonds is 10. The molecule has 0 unspecified atom stereocenters. The molecule has 0 saturated carbocycles. The molecule has 96 valence electrons. The van der Waals surface area contributed by atoms with Crippen LogP contribution in [0.4, 0.5) is 0 Å². The number of carbonyl (C=O) groups is 1. The average Bonchev–Trinajstić information content (AvgIpc) is 2.27. The Labute approximate surface area is 100 Å². The summed E-state index contributed by atoms with van der Waals surface area (Å²) in [7, 11) is 0. The quantitative estimate of drug-likeness (QED) is 0.539. The molecule has 0 aromatic heterocycles. The Balaban J connectivity index is 3.55. The van der Waals surface area contributed by atoms with Crippen molar-refractivity contribution >= 4 is 5.97 Å². The van der Waals surface area contributed by atoms with E-state index in [9.17, 15) is 4.79 Å². The molecule has 0 saturated heterocycles. The molecule has 0 rings (SSSR count). The van der Waals surface area contributed by atoms with Crippen molar-refractivity contribution < 1.29 is 9.53 Å². The number of ether oxygens (including phenoxy) is 1. The van der Waals surface area contributed by atoms with Crippen LogP contribution in [0, 0.1) is 0 Å². The zero-order valence-corrected chi connectivity index (χ0v) is 11.1. The minimum absolute atomic E-state index is 0.0465. The molecule has 0 aromatic carbocycles. The number of nitrogens with zero attached hydrogens (tertiary/aromatic N) is 1. The van der Waals surface area contributed by atoms with E-state index in [1.54, 1.807) is 0 Å². The first-order valence-electron chi connectivity index (χ1n) is 6.62. The molecule has 16 heavy (non-hydrogen) atoms. The van der Waals surface area contributed by atoms with Gasteiger partial charge < -0.3 is 4.74 Å². The summed E-state index contributed by atoms with van der Waals surface area (Å²) in [6.07, 6.45) is 4.87. The van der Waals surface area contributed by atoms with E-state index in [4.69, 9.17) is 4.74 Å². The minimum Gasteiger partial charge on any atom is -0.464 e. The van der Waals surface area contributed by atoms with Crippen LogP contribution in [0.5, 0.6) is 0 Å². The molecule has 0 spiro atoms. The Hall–Kier alpha value is -0.570. The van der Waals surface area contributed by atoms with Gasteiger partial charge in [0.2, 0.25) is 0 Å². The van der Waals surface area contributed by atoms with Crippen LogP contribution in [-0.2, 0) is 9.53 Å². The van der Waals surface area contributed by atoms with Gasteiger partial charge in [-0.25, -0.2) is 0 Å². The Morgan fingerprint density at radius 3 is 2.12 bits per heavy atom. The summed E-state index contributed by atoms with van der Waals surface area (Å²) in [6, 6.07) is 0. The lowest BCUT2D eigenvalue weighted by atomic mass is 10.2. The van der Waals surface area contributed by atoms with Gasteiger partial charge in [0.1, 0.15) is 6.61 Å². The van der Waals surface area contributed by atoms with E-state index in [1.807, 2.05) is 0 Å². The third-order valence-electron chi connectivity index (χ3n) is 2.48. The van der Waals surface area contributed by atoms with Crippen LogP contribution in [0.1, 0.15) is 52.9 Å². The van der Waals surface area contributed by atoms with Crippen molar-refractivity contribution in [3.05, 3.63) is 0 Å². The van der Waals surface area contributed by atoms with Crippen molar-refractivity contribution in [3.63, 3.8) is 0 Å². The van der Waals surface area contributed by atoms with Crippen molar-refractivity contribution in [2.45, 2.75) is 52.9 Å². The molecule has 0 N–H and O–H groups in total. The van der Waals surface area contributed by atoms with Gasteiger partial charge in [-0.15, -0.1) is 0 Å². The highest BCUT2D eigenvalue weighted by Gasteiger charge is 2.05. The largest absolute Gasteiger partial charge is 0.464 e. The number of carbonyl (C=O) groups excluding carboxylic acids is 1. The molecule has 0 heterocycles. The SMILES string of the molecule is CCCCC(=O)OCCN(CCC)CCC. The van der Waals surface area contributed by atoms with E-state index in [2.05, 4.69) is 25.7 Å². The first-order chi connectivity index (χ1) is 7.74. The maximum absolute atomic E-state index is 11.3. The van der Waals surface area contributed by atoms with Crippen LogP contribution < -0.4 is 0 Å². The van der Waals surface area contributed by atoms with Gasteiger partial charge in [0.15, 0.2) is 0 Å². The molecule has 0 bridgehead atoms. The predicted octanol–water partition coefficient (Wildman–Crippen LogP) is 2.84. The van der Waals surface area contributed by atoms with E-state index >= 15 is 0 Å². The number of unbranched alkanes of at least 4 members (excludes halogenated alkanes) is 1. The molecule has 0 aliphatic carbocycles. The molecule has 3 nitrogen and oxygen atoms in total. The zero-order valence-electron chi connectivity index (χ0n) is 11.1. The van der Waals surface area contributed by atoms with Crippen LogP contribution in [0.15, 0.2) is 0 Å². The summed E-state index contributed by atoms with van der Waals surface area (Å²) in [4.78, 5) is 13.6. The van der Waals surface area contributed by atoms with Gasteiger partial charge in [-0.3, -0.25) is 9.69 Å². The summed E-state index contributed by atoms with van der Waals surface area (Å²) >= 11 is 0. The Bertz CT molecular complexity index is 165. The minimum atomic E-state index is -0.0465. The normalized spacial score (nSPS) is 10.8. The highest BCUT2D eigenvalue weighted by Crippen LogP contribution is 1.98. The smallest absolute Gasteiger partial charge is 0.305 e. The average molecular weight is 229 g/mol. The Morgan fingerprint density at radius 2 is 1.62 bits per heavy atom. The highest BCUT2D eigenvalue weighted by atomic mass is 16.5. The first kappa shape index (κ1) is 15.4. The van der Waals surface area contributed by atoms with Crippen molar-refractivity contribution in [2.24, 2.45) is 0 Å². The maximum atomic E-state index is 11.3. The monoisotopic (exact) mass is 229 g/mol. The van der Waals surface area contributed by atoms with Crippen LogP contribution >= 0.6 is 0 Å². The predicted molar refractivity (Wildman–Crippen MR) is 67.5 cm³/mol. The van der Waals surface area contributed by atoms with Crippen LogP contribution in [0.2, 0.25) is 0 Å². The lowest BCUT2D eigenvalue weighted by Crippen LogP contribution is -2.29. The first-order valence-corrected chi connectivity index (χ1v) is 6.62. The van der Waals surface area contributed by atoms with Gasteiger partial charge in [-0.1, -0.05) is 27.2 Å². The summed E-state index contributed by atoms with van der Waals surface area (Å²) in [6.45, 7) is 10.0. The summed E-state index contributed by atoms with van der Waals surface area (Å²) in [5, 5.41) is 0. The molecule has 0 atom stereocenters. The van der Waals surface area contributed by atoms with Crippen molar-refractivity contribution in [2.75, 3.05) is 26.2 Å². The van der Waals surface area contributed by atoms with Crippen LogP contribution in [-0.4, -0.2) is 37.1 Å². The second kappa shape index (κ2) is 10.9. The molecule has 0 amide bonds. The standard InChI is InChI=1S/C13H27NO2/c1-4-7-8-13(15)16-12-11-14(9-5-2)10-6-3/h4-12H2,1-3H3. The van der Waals surface area contributed by atoms with Crippen molar-refractivity contribution in [3.8, 4) is 0 Å². The third-order valence-corrected chi connectivity index (χ3v) is 2.48. The lowest BCUT2D eigenvalue weighted by molar-refractivity contribution is -0.144. The summed E-state index contributed by atoms with van der Waals surface area (Å²) < 4.78 is 5.19. The van der Waals surface area contributed by atoms with Gasteiger partial charge in [0, 0.05) is 13.0 Å². The summed E-state index contributed by atoms with van der Waals surface area (Å²) in [5.41, 5.74) is 0. The molecule has 0 fully saturated rings. The topological polar surface area (TPSA) is 29.5 Å². The Kier molecular flexibility index (Phi) is 10.5. The van der Waals surface area contributed by atoms with Gasteiger partial charge in [-0.2, -0.15) is 0 Å². The number of esters is 1. The van der Waals surface area contributed by atoms with E-state index < -0.39 is 0 Å². The lowest BCUT2D eigenvalue weighted by Gasteiger charge is -2.20. The van der Waals surface area contributed by atoms with E-state index in [0.29, 0.717) is 13.0 Å². The van der Waals surface area contributed by atoms with Gasteiger partial charge in [-0.05, 0) is 32.4 Å². The van der Waals surface area contributed by atoms with Gasteiger partial charge >= 0.3 is 5.97 Å². The van der Waals surface area contributed by atoms with Crippen LogP contribution in [0.3, 0.4) is 0 Å². The Morgan fingerprint density at radius 1 is 1.00 bits per heavy atom. The summed E-state index contributed by atoms with van der Waals surface area (Å²) in [5.74, 6) is -0.0465. The van der Waals surface area contributed by atoms with E-state index in [0.717, 1.165) is 45.3 Å². The molecular weight excluding hydrogens is 202 g/mol. The molecule has 0 aliphatic rings. The molecule has 3 heteroatoms. The molecule has 0 radical (unpaired) electrons. The van der Waals surface area contributed by atoms with Crippen molar-refractivity contribution in [1.29, 1.82) is 0 Å². The van der Waals surface area contributed by atoms with E-state index in [-0.39, 0.29) is 5.97 Å². The second-order valence-corrected chi connectivity index (χ2v) is 4.17. The maximum Gasteiger partial charge on any atom is 0.305 e. The fraction of sp³-hybridized carbons (Fsp3) is 0.923. The zero-order chi connectivity index (χ0) is 12.2. The fourth-order valence-corrected chi connectivity index (χ4v) is 1.65. The fourth-order valence-electron chi connectivity index (χ4n) is 1.65. The van der Waals surface area contributed by atoms with Gasteiger partial charge in [0.05, 0.1) is 0 Å². The molecule has 0 aliphatic heterocycles. The molecule has 0 aromatic rings. The number of hydrogen-bond acceptors (Lipinski definition) is 3. The van der Waals surface area contributed by atoms with Crippen molar-refractivity contribution in [1.82, 2.24) is 4.90 Å². The van der Waals surface area contributed by atoms with Crippen LogP contribution in [0.25, 0.3) is 0 Å². The molecular formula is C13H27NO2. The highest BCUT2D eigenvalue weighted by molar-refractivity contribution is 5.69. The third kappa shape index (κ3) is 8.72. The number of hydrogen-bond donors (Lipinski definition) is 0. The van der Waals surface area contributed by atoms with E-state index in [1.165, 1.54) is 0 Å².